The molecule has 0 saturated heterocycles. The first-order chi connectivity index (χ1) is 7.78. The first kappa shape index (κ1) is 13.5. The summed E-state index contributed by atoms with van der Waals surface area (Å²) in [6, 6.07) is 0. The summed E-state index contributed by atoms with van der Waals surface area (Å²) in [5.74, 6) is -0.271. The van der Waals surface area contributed by atoms with Gasteiger partial charge in [-0.05, 0) is 0 Å². The van der Waals surface area contributed by atoms with Crippen molar-refractivity contribution in [3.8, 4) is 0 Å². The summed E-state index contributed by atoms with van der Waals surface area (Å²) in [7, 11) is -1.78. The van der Waals surface area contributed by atoms with Gasteiger partial charge in [-0.1, -0.05) is 6.92 Å². The number of hydrogen-bond donors (Lipinski definition) is 1. The molecule has 0 radical (unpaired) electrons. The van der Waals surface area contributed by atoms with Crippen LogP contribution in [-0.2, 0) is 23.4 Å². The van der Waals surface area contributed by atoms with Crippen molar-refractivity contribution in [3.05, 3.63) is 27.0 Å². The molecule has 1 heterocycles. The van der Waals surface area contributed by atoms with E-state index in [1.54, 1.807) is 0 Å². The van der Waals surface area contributed by atoms with Crippen LogP contribution in [0.2, 0.25) is 0 Å². The minimum Gasteiger partial charge on any atom is -0.393 e. The average molecular weight is 261 g/mol. The number of hydrogen-bond acceptors (Lipinski definition) is 5. The lowest BCUT2D eigenvalue weighted by molar-refractivity contribution is 0.577. The van der Waals surface area contributed by atoms with Crippen molar-refractivity contribution in [2.75, 3.05) is 17.2 Å². The maximum absolute atomic E-state index is 11.6. The van der Waals surface area contributed by atoms with Crippen molar-refractivity contribution in [1.29, 1.82) is 0 Å². The molecule has 7 nitrogen and oxygen atoms in total. The molecule has 0 aliphatic heterocycles. The van der Waals surface area contributed by atoms with Crippen molar-refractivity contribution < 1.29 is 8.42 Å². The van der Waals surface area contributed by atoms with Gasteiger partial charge in [0, 0.05) is 25.5 Å². The first-order valence-corrected chi connectivity index (χ1v) is 6.87. The van der Waals surface area contributed by atoms with Gasteiger partial charge in [-0.25, -0.2) is 13.2 Å². The second-order valence-electron chi connectivity index (χ2n) is 3.67. The number of nitrogens with zero attached hydrogens (tertiary/aromatic N) is 2. The van der Waals surface area contributed by atoms with E-state index >= 15 is 0 Å². The normalized spacial score (nSPS) is 11.6. The van der Waals surface area contributed by atoms with Crippen molar-refractivity contribution in [1.82, 2.24) is 9.13 Å². The summed E-state index contributed by atoms with van der Waals surface area (Å²) >= 11 is 0. The fourth-order valence-corrected chi connectivity index (χ4v) is 2.07. The molecule has 17 heavy (non-hydrogen) atoms. The summed E-state index contributed by atoms with van der Waals surface area (Å²) in [5.41, 5.74) is 4.11. The molecular weight excluding hydrogens is 246 g/mol. The van der Waals surface area contributed by atoms with Crippen LogP contribution in [0, 0.1) is 0 Å². The lowest BCUT2D eigenvalue weighted by atomic mass is 10.5. The van der Waals surface area contributed by atoms with Crippen LogP contribution in [-0.4, -0.2) is 29.1 Å². The molecule has 0 amide bonds. The van der Waals surface area contributed by atoms with Crippen LogP contribution in [0.3, 0.4) is 0 Å². The van der Waals surface area contributed by atoms with E-state index < -0.39 is 21.1 Å². The van der Waals surface area contributed by atoms with Crippen LogP contribution in [0.25, 0.3) is 0 Å². The molecular formula is C9H15N3O4S. The number of aromatic nitrogens is 2. The summed E-state index contributed by atoms with van der Waals surface area (Å²) in [6.45, 7) is 1.34. The zero-order chi connectivity index (χ0) is 13.2. The van der Waals surface area contributed by atoms with E-state index in [2.05, 4.69) is 0 Å². The van der Waals surface area contributed by atoms with Crippen LogP contribution >= 0.6 is 0 Å². The monoisotopic (exact) mass is 261 g/mol. The zero-order valence-electron chi connectivity index (χ0n) is 9.71. The maximum Gasteiger partial charge on any atom is 0.330 e. The lowest BCUT2D eigenvalue weighted by Crippen LogP contribution is -2.41. The van der Waals surface area contributed by atoms with E-state index in [4.69, 9.17) is 5.73 Å². The first-order valence-electron chi connectivity index (χ1n) is 5.05. The van der Waals surface area contributed by atoms with Gasteiger partial charge < -0.3 is 10.3 Å². The Kier molecular flexibility index (Phi) is 3.76. The molecule has 0 spiro atoms. The third-order valence-electron chi connectivity index (χ3n) is 2.42. The largest absolute Gasteiger partial charge is 0.393 e. The fraction of sp³-hybridized carbons (Fsp3) is 0.556. The average Bonchev–Trinajstić information content (AvgIpc) is 2.26. The van der Waals surface area contributed by atoms with E-state index in [1.807, 2.05) is 0 Å². The minimum absolute atomic E-state index is 0.0234. The Hall–Kier alpha value is -1.57. The van der Waals surface area contributed by atoms with Crippen LogP contribution in [0.5, 0.6) is 0 Å². The molecule has 1 aromatic rings. The Morgan fingerprint density at radius 2 is 1.94 bits per heavy atom. The van der Waals surface area contributed by atoms with Gasteiger partial charge in [0.25, 0.3) is 5.56 Å². The summed E-state index contributed by atoms with van der Waals surface area (Å²) in [4.78, 5) is 23.2. The Balaban J connectivity index is 3.17. The Morgan fingerprint density at radius 1 is 1.35 bits per heavy atom. The highest BCUT2D eigenvalue weighted by Gasteiger charge is 2.12. The summed E-state index contributed by atoms with van der Waals surface area (Å²) in [6.07, 6.45) is 1.22. The molecule has 0 fully saturated rings. The molecule has 1 aromatic heterocycles. The quantitative estimate of drug-likeness (QED) is 0.715. The molecule has 0 saturated carbocycles. The predicted molar refractivity (Wildman–Crippen MR) is 64.7 cm³/mol. The highest BCUT2D eigenvalue weighted by Crippen LogP contribution is 1.92. The number of anilines is 1. The van der Waals surface area contributed by atoms with Gasteiger partial charge in [0.05, 0.1) is 5.75 Å². The standard InChI is InChI=1S/C9H15N3O4S/c1-3-17(15,16)5-4-12-8(13)7(10)6-11(2)9(12)14/h6H,3-5,10H2,1-2H3. The zero-order valence-corrected chi connectivity index (χ0v) is 10.5. The topological polar surface area (TPSA) is 104 Å². The number of sulfone groups is 1. The molecule has 0 atom stereocenters. The number of aryl methyl sites for hydroxylation is 1. The molecule has 0 aromatic carbocycles. The molecule has 2 N–H and O–H groups in total. The van der Waals surface area contributed by atoms with Gasteiger partial charge >= 0.3 is 5.69 Å². The van der Waals surface area contributed by atoms with Gasteiger partial charge in [0.15, 0.2) is 9.84 Å². The van der Waals surface area contributed by atoms with Crippen molar-refractivity contribution in [2.45, 2.75) is 13.5 Å². The molecule has 8 heteroatoms. The predicted octanol–water partition coefficient (Wildman–Crippen LogP) is -1.44. The van der Waals surface area contributed by atoms with Gasteiger partial charge in [-0.15, -0.1) is 0 Å². The second-order valence-corrected chi connectivity index (χ2v) is 6.14. The van der Waals surface area contributed by atoms with Gasteiger partial charge in [0.1, 0.15) is 5.69 Å². The second kappa shape index (κ2) is 4.74. The van der Waals surface area contributed by atoms with E-state index in [9.17, 15) is 18.0 Å². The summed E-state index contributed by atoms with van der Waals surface area (Å²) in [5, 5.41) is 0. The summed E-state index contributed by atoms with van der Waals surface area (Å²) < 4.78 is 24.6. The number of nitrogens with two attached hydrogens (primary N) is 1. The third kappa shape index (κ3) is 2.96. The number of nitrogen functional groups attached to an aromatic ring is 1. The smallest absolute Gasteiger partial charge is 0.330 e. The van der Waals surface area contributed by atoms with E-state index in [0.29, 0.717) is 0 Å². The fourth-order valence-electron chi connectivity index (χ4n) is 1.32. The van der Waals surface area contributed by atoms with Crippen molar-refractivity contribution in [2.24, 2.45) is 7.05 Å². The van der Waals surface area contributed by atoms with E-state index in [1.165, 1.54) is 20.2 Å². The molecule has 1 rings (SSSR count). The molecule has 0 bridgehead atoms. The van der Waals surface area contributed by atoms with Gasteiger partial charge in [-0.3, -0.25) is 9.36 Å². The highest BCUT2D eigenvalue weighted by molar-refractivity contribution is 7.91. The van der Waals surface area contributed by atoms with E-state index in [-0.39, 0.29) is 23.7 Å². The molecule has 96 valence electrons. The van der Waals surface area contributed by atoms with Gasteiger partial charge in [0.2, 0.25) is 0 Å². The Labute approximate surface area is 98.4 Å². The highest BCUT2D eigenvalue weighted by atomic mass is 32.2. The van der Waals surface area contributed by atoms with Crippen LogP contribution in [0.4, 0.5) is 5.69 Å². The SMILES string of the molecule is CCS(=O)(=O)CCn1c(=O)c(N)cn(C)c1=O. The lowest BCUT2D eigenvalue weighted by Gasteiger charge is -2.08. The third-order valence-corrected chi connectivity index (χ3v) is 4.11. The minimum atomic E-state index is -3.23. The number of rotatable bonds is 4. The van der Waals surface area contributed by atoms with Crippen molar-refractivity contribution >= 4 is 15.5 Å². The van der Waals surface area contributed by atoms with Crippen LogP contribution in [0.15, 0.2) is 15.8 Å². The molecule has 0 unspecified atom stereocenters. The maximum atomic E-state index is 11.6. The molecule has 0 aliphatic rings. The van der Waals surface area contributed by atoms with Crippen molar-refractivity contribution in [3.63, 3.8) is 0 Å². The molecule has 0 aliphatic carbocycles. The van der Waals surface area contributed by atoms with Crippen LogP contribution < -0.4 is 17.0 Å². The van der Waals surface area contributed by atoms with E-state index in [0.717, 1.165) is 9.13 Å². The Bertz CT molecular complexity index is 592. The van der Waals surface area contributed by atoms with Crippen LogP contribution in [0.1, 0.15) is 6.92 Å². The van der Waals surface area contributed by atoms with Gasteiger partial charge in [-0.2, -0.15) is 0 Å². The Morgan fingerprint density at radius 3 is 2.47 bits per heavy atom.